The van der Waals surface area contributed by atoms with Gasteiger partial charge in [0.15, 0.2) is 5.82 Å². The van der Waals surface area contributed by atoms with Crippen LogP contribution in [0.3, 0.4) is 0 Å². The molecular formula is C16H13F2N5OS. The van der Waals surface area contributed by atoms with Crippen molar-refractivity contribution < 1.29 is 13.6 Å². The van der Waals surface area contributed by atoms with Crippen molar-refractivity contribution in [3.8, 4) is 11.4 Å². The minimum Gasteiger partial charge on any atom is -0.335 e. The first-order valence-corrected chi connectivity index (χ1v) is 8.17. The van der Waals surface area contributed by atoms with Crippen LogP contribution in [-0.4, -0.2) is 26.5 Å². The monoisotopic (exact) mass is 361 g/mol. The topological polar surface area (TPSA) is 85.8 Å². The Kier molecular flexibility index (Phi) is 4.94. The molecule has 0 atom stereocenters. The Morgan fingerprint density at radius 3 is 2.72 bits per heavy atom. The van der Waals surface area contributed by atoms with Crippen LogP contribution in [0.1, 0.15) is 0 Å². The highest BCUT2D eigenvalue weighted by Gasteiger charge is 2.16. The number of benzene rings is 2. The van der Waals surface area contributed by atoms with E-state index < -0.39 is 11.6 Å². The largest absolute Gasteiger partial charge is 0.335 e. The smallest absolute Gasteiger partial charge is 0.234 e. The molecule has 1 amide bonds. The van der Waals surface area contributed by atoms with Crippen molar-refractivity contribution in [2.24, 2.45) is 0 Å². The van der Waals surface area contributed by atoms with Crippen LogP contribution in [-0.2, 0) is 4.79 Å². The highest BCUT2D eigenvalue weighted by Crippen LogP contribution is 2.23. The molecule has 0 bridgehead atoms. The summed E-state index contributed by atoms with van der Waals surface area (Å²) in [6.07, 6.45) is 0. The van der Waals surface area contributed by atoms with E-state index in [1.165, 1.54) is 30.3 Å². The lowest BCUT2D eigenvalue weighted by Gasteiger charge is -2.06. The fraction of sp³-hybridized carbons (Fsp3) is 0.0625. The van der Waals surface area contributed by atoms with Crippen molar-refractivity contribution >= 4 is 23.4 Å². The molecule has 1 aromatic heterocycles. The molecule has 2 aromatic carbocycles. The van der Waals surface area contributed by atoms with E-state index in [-0.39, 0.29) is 28.2 Å². The molecule has 128 valence electrons. The first kappa shape index (κ1) is 16.9. The van der Waals surface area contributed by atoms with Gasteiger partial charge in [-0.25, -0.2) is 13.5 Å². The number of anilines is 1. The molecule has 0 aliphatic carbocycles. The Morgan fingerprint density at radius 2 is 1.96 bits per heavy atom. The molecule has 1 heterocycles. The van der Waals surface area contributed by atoms with Crippen LogP contribution in [0.15, 0.2) is 53.7 Å². The SMILES string of the molecule is Nn1c(SCC(=O)Nc2cccc(F)c2)nnc1-c1ccccc1F. The lowest BCUT2D eigenvalue weighted by atomic mass is 10.2. The molecule has 0 radical (unpaired) electrons. The molecule has 3 aromatic rings. The Morgan fingerprint density at radius 1 is 1.16 bits per heavy atom. The number of rotatable bonds is 5. The normalized spacial score (nSPS) is 10.6. The van der Waals surface area contributed by atoms with Crippen LogP contribution in [0.2, 0.25) is 0 Å². The van der Waals surface area contributed by atoms with Crippen LogP contribution in [0, 0.1) is 11.6 Å². The molecule has 0 aliphatic heterocycles. The number of nitrogens with one attached hydrogen (secondary N) is 1. The fourth-order valence-electron chi connectivity index (χ4n) is 2.10. The fourth-order valence-corrected chi connectivity index (χ4v) is 2.75. The second-order valence-electron chi connectivity index (χ2n) is 5.00. The van der Waals surface area contributed by atoms with E-state index in [4.69, 9.17) is 5.84 Å². The van der Waals surface area contributed by atoms with Crippen LogP contribution >= 0.6 is 11.8 Å². The molecule has 0 fully saturated rings. The van der Waals surface area contributed by atoms with Gasteiger partial charge in [-0.2, -0.15) is 0 Å². The number of nitrogens with zero attached hydrogens (tertiary/aromatic N) is 3. The minimum atomic E-state index is -0.470. The number of halogens is 2. The lowest BCUT2D eigenvalue weighted by Crippen LogP contribution is -2.16. The Balaban J connectivity index is 1.66. The maximum Gasteiger partial charge on any atom is 0.234 e. The van der Waals surface area contributed by atoms with Gasteiger partial charge in [-0.3, -0.25) is 4.79 Å². The summed E-state index contributed by atoms with van der Waals surface area (Å²) in [5.74, 6) is 4.76. The lowest BCUT2D eigenvalue weighted by molar-refractivity contribution is -0.113. The van der Waals surface area contributed by atoms with Gasteiger partial charge in [-0.05, 0) is 30.3 Å². The molecule has 0 aliphatic rings. The first-order chi connectivity index (χ1) is 12.0. The second kappa shape index (κ2) is 7.31. The quantitative estimate of drug-likeness (QED) is 0.539. The molecule has 0 saturated heterocycles. The Labute approximate surface area is 146 Å². The maximum absolute atomic E-state index is 13.8. The highest BCUT2D eigenvalue weighted by molar-refractivity contribution is 7.99. The summed E-state index contributed by atoms with van der Waals surface area (Å²) in [6, 6.07) is 11.6. The van der Waals surface area contributed by atoms with Crippen molar-refractivity contribution in [1.29, 1.82) is 0 Å². The highest BCUT2D eigenvalue weighted by atomic mass is 32.2. The summed E-state index contributed by atoms with van der Waals surface area (Å²) in [7, 11) is 0. The third-order valence-electron chi connectivity index (χ3n) is 3.22. The summed E-state index contributed by atoms with van der Waals surface area (Å²) in [5.41, 5.74) is 0.570. The molecule has 9 heteroatoms. The predicted molar refractivity (Wildman–Crippen MR) is 91.3 cm³/mol. The molecule has 3 N–H and O–H groups in total. The van der Waals surface area contributed by atoms with Gasteiger partial charge in [-0.15, -0.1) is 10.2 Å². The van der Waals surface area contributed by atoms with E-state index in [0.717, 1.165) is 16.4 Å². The number of hydrogen-bond donors (Lipinski definition) is 2. The Bertz CT molecular complexity index is 915. The van der Waals surface area contributed by atoms with E-state index in [2.05, 4.69) is 15.5 Å². The van der Waals surface area contributed by atoms with Crippen molar-refractivity contribution in [2.45, 2.75) is 5.16 Å². The first-order valence-electron chi connectivity index (χ1n) is 7.18. The van der Waals surface area contributed by atoms with Crippen molar-refractivity contribution in [1.82, 2.24) is 14.9 Å². The van der Waals surface area contributed by atoms with E-state index in [0.29, 0.717) is 5.69 Å². The minimum absolute atomic E-state index is 0.0108. The number of aromatic nitrogens is 3. The number of amides is 1. The summed E-state index contributed by atoms with van der Waals surface area (Å²) in [6.45, 7) is 0. The zero-order valence-electron chi connectivity index (χ0n) is 12.8. The van der Waals surface area contributed by atoms with Crippen molar-refractivity contribution in [3.63, 3.8) is 0 Å². The number of carbonyl (C=O) groups is 1. The van der Waals surface area contributed by atoms with E-state index in [9.17, 15) is 13.6 Å². The summed E-state index contributed by atoms with van der Waals surface area (Å²) >= 11 is 1.04. The van der Waals surface area contributed by atoms with Gasteiger partial charge in [0.05, 0.1) is 11.3 Å². The molecule has 3 rings (SSSR count). The van der Waals surface area contributed by atoms with Crippen LogP contribution < -0.4 is 11.2 Å². The van der Waals surface area contributed by atoms with Crippen LogP contribution in [0.4, 0.5) is 14.5 Å². The molecule has 0 saturated carbocycles. The average molecular weight is 361 g/mol. The summed E-state index contributed by atoms with van der Waals surface area (Å²) < 4.78 is 28.0. The molecule has 25 heavy (non-hydrogen) atoms. The van der Waals surface area contributed by atoms with Gasteiger partial charge in [0, 0.05) is 5.69 Å². The van der Waals surface area contributed by atoms with Gasteiger partial charge in [0.2, 0.25) is 11.1 Å². The second-order valence-corrected chi connectivity index (χ2v) is 5.95. The standard InChI is InChI=1S/C16H13F2N5OS/c17-10-4-3-5-11(8-10)20-14(24)9-25-16-22-21-15(23(16)19)12-6-1-2-7-13(12)18/h1-8H,9,19H2,(H,20,24). The number of thioether (sulfide) groups is 1. The number of nitrogens with two attached hydrogens (primary N) is 1. The number of hydrogen-bond acceptors (Lipinski definition) is 5. The Hall–Kier alpha value is -2.94. The summed E-state index contributed by atoms with van der Waals surface area (Å²) in [5, 5.41) is 10.6. The van der Waals surface area contributed by atoms with E-state index in [1.807, 2.05) is 0 Å². The number of carbonyl (C=O) groups excluding carboxylic acids is 1. The van der Waals surface area contributed by atoms with Gasteiger partial charge in [-0.1, -0.05) is 30.0 Å². The van der Waals surface area contributed by atoms with Crippen LogP contribution in [0.25, 0.3) is 11.4 Å². The summed E-state index contributed by atoms with van der Waals surface area (Å²) in [4.78, 5) is 11.9. The van der Waals surface area contributed by atoms with Crippen molar-refractivity contribution in [2.75, 3.05) is 16.9 Å². The molecule has 6 nitrogen and oxygen atoms in total. The van der Waals surface area contributed by atoms with Crippen LogP contribution in [0.5, 0.6) is 0 Å². The average Bonchev–Trinajstić information content (AvgIpc) is 2.94. The zero-order chi connectivity index (χ0) is 17.8. The number of nitrogen functional groups attached to an aromatic ring is 1. The molecule has 0 spiro atoms. The molecule has 0 unspecified atom stereocenters. The zero-order valence-corrected chi connectivity index (χ0v) is 13.6. The third-order valence-corrected chi connectivity index (χ3v) is 4.16. The van der Waals surface area contributed by atoms with Gasteiger partial charge >= 0.3 is 0 Å². The van der Waals surface area contributed by atoms with Gasteiger partial charge < -0.3 is 11.2 Å². The maximum atomic E-state index is 13.8. The van der Waals surface area contributed by atoms with E-state index >= 15 is 0 Å². The van der Waals surface area contributed by atoms with Crippen molar-refractivity contribution in [3.05, 3.63) is 60.2 Å². The van der Waals surface area contributed by atoms with Gasteiger partial charge in [0.1, 0.15) is 11.6 Å². The third kappa shape index (κ3) is 3.94. The predicted octanol–water partition coefficient (Wildman–Crippen LogP) is 2.67. The molecular weight excluding hydrogens is 348 g/mol. The van der Waals surface area contributed by atoms with Gasteiger partial charge in [0.25, 0.3) is 0 Å². The van der Waals surface area contributed by atoms with E-state index in [1.54, 1.807) is 18.2 Å².